The molecular weight excluding hydrogens is 321 g/mol. The number of aliphatic hydroxyl groups excluding tert-OH is 3. The Labute approximate surface area is 151 Å². The third-order valence-corrected chi connectivity index (χ3v) is 3.50. The molecule has 3 rings (SSSR count). The fourth-order valence-electron chi connectivity index (χ4n) is 2.37. The first kappa shape index (κ1) is 18.0. The van der Waals surface area contributed by atoms with Gasteiger partial charge in [-0.2, -0.15) is 0 Å². The quantitative estimate of drug-likeness (QED) is 0.359. The van der Waals surface area contributed by atoms with Crippen LogP contribution in [0, 0.1) is 0 Å². The molecule has 5 atom stereocenters. The first-order valence-electron chi connectivity index (χ1n) is 6.27. The summed E-state index contributed by atoms with van der Waals surface area (Å²) in [6.45, 7) is 0. The van der Waals surface area contributed by atoms with Gasteiger partial charge >= 0.3 is 35.5 Å². The van der Waals surface area contributed by atoms with Crippen LogP contribution in [0.15, 0.2) is 12.7 Å². The Hall–Kier alpha value is -1.34. The Morgan fingerprint density at radius 3 is 2.65 bits per heavy atom. The standard InChI is InChI=1S/C11H13N5O6.Na.H/c12-8-3-9(14-1-13-8)16(2-15-3)10-5(18)4(17)7(22-10)6(19)11(20)21;;/h1-2,4-7,10,17-19H,(H,20,21)(H2,12,13,14);;/t4?,5?,6?,7-,10+;;/m0../s1. The molecule has 0 amide bonds. The number of fused-ring (bicyclic) bond motifs is 1. The number of hydrogen-bond acceptors (Lipinski definition) is 9. The van der Waals surface area contributed by atoms with Crippen molar-refractivity contribution in [1.29, 1.82) is 0 Å². The molecule has 1 aliphatic heterocycles. The van der Waals surface area contributed by atoms with Crippen molar-refractivity contribution in [2.24, 2.45) is 0 Å². The fourth-order valence-corrected chi connectivity index (χ4v) is 2.37. The summed E-state index contributed by atoms with van der Waals surface area (Å²) in [4.78, 5) is 22.5. The Balaban J connectivity index is 0.00000192. The van der Waals surface area contributed by atoms with Crippen LogP contribution < -0.4 is 5.73 Å². The van der Waals surface area contributed by atoms with E-state index >= 15 is 0 Å². The summed E-state index contributed by atoms with van der Waals surface area (Å²) in [5.74, 6) is -1.45. The number of imidazole rings is 1. The van der Waals surface area contributed by atoms with Gasteiger partial charge in [0.05, 0.1) is 6.33 Å². The Bertz CT molecular complexity index is 726. The molecule has 2 aromatic heterocycles. The maximum atomic E-state index is 10.8. The summed E-state index contributed by atoms with van der Waals surface area (Å²) in [5.41, 5.74) is 6.17. The molecule has 1 saturated heterocycles. The van der Waals surface area contributed by atoms with Gasteiger partial charge in [-0.1, -0.05) is 0 Å². The van der Waals surface area contributed by atoms with E-state index in [2.05, 4.69) is 15.0 Å². The second kappa shape index (κ2) is 6.65. The van der Waals surface area contributed by atoms with Gasteiger partial charge in [-0.3, -0.25) is 4.57 Å². The number of anilines is 1. The van der Waals surface area contributed by atoms with E-state index < -0.39 is 36.6 Å². The topological polar surface area (TPSA) is 177 Å². The van der Waals surface area contributed by atoms with Gasteiger partial charge < -0.3 is 30.9 Å². The van der Waals surface area contributed by atoms with Crippen molar-refractivity contribution in [3.05, 3.63) is 12.7 Å². The summed E-state index contributed by atoms with van der Waals surface area (Å²) in [6.07, 6.45) is -5.25. The van der Waals surface area contributed by atoms with E-state index in [-0.39, 0.29) is 46.5 Å². The van der Waals surface area contributed by atoms with Gasteiger partial charge in [-0.05, 0) is 0 Å². The van der Waals surface area contributed by atoms with Crippen LogP contribution in [0.1, 0.15) is 6.23 Å². The molecular formula is C11H14N5NaO6. The molecule has 0 spiro atoms. The number of nitrogens with zero attached hydrogens (tertiary/aromatic N) is 4. The summed E-state index contributed by atoms with van der Waals surface area (Å²) in [5, 5.41) is 38.3. The van der Waals surface area contributed by atoms with Crippen LogP contribution >= 0.6 is 0 Å². The van der Waals surface area contributed by atoms with Gasteiger partial charge in [0.15, 0.2) is 23.8 Å². The molecule has 12 heteroatoms. The van der Waals surface area contributed by atoms with Crippen molar-refractivity contribution in [3.63, 3.8) is 0 Å². The van der Waals surface area contributed by atoms with Crippen molar-refractivity contribution in [1.82, 2.24) is 19.5 Å². The summed E-state index contributed by atoms with van der Waals surface area (Å²) < 4.78 is 6.58. The molecule has 0 radical (unpaired) electrons. The molecule has 1 aliphatic rings. The molecule has 0 saturated carbocycles. The number of carbonyl (C=O) groups is 1. The number of ether oxygens (including phenoxy) is 1. The fraction of sp³-hybridized carbons (Fsp3) is 0.455. The van der Waals surface area contributed by atoms with Gasteiger partial charge in [0, 0.05) is 0 Å². The van der Waals surface area contributed by atoms with Crippen molar-refractivity contribution in [2.45, 2.75) is 30.6 Å². The van der Waals surface area contributed by atoms with Gasteiger partial charge in [-0.25, -0.2) is 19.7 Å². The number of carboxylic acid groups (broad SMARTS) is 1. The molecule has 120 valence electrons. The predicted octanol–water partition coefficient (Wildman–Crippen LogP) is -3.18. The van der Waals surface area contributed by atoms with E-state index in [0.717, 1.165) is 0 Å². The molecule has 3 heterocycles. The SMILES string of the molecule is Nc1ncnc2c1ncn2[C@@H]1O[C@H](C(O)C(=O)O)C(O)C1O.[NaH]. The van der Waals surface area contributed by atoms with E-state index in [1.54, 1.807) is 0 Å². The minimum atomic E-state index is -1.98. The van der Waals surface area contributed by atoms with Gasteiger partial charge in [-0.15, -0.1) is 0 Å². The van der Waals surface area contributed by atoms with Crippen LogP contribution in [0.4, 0.5) is 5.82 Å². The third kappa shape index (κ3) is 2.92. The summed E-state index contributed by atoms with van der Waals surface area (Å²) in [7, 11) is 0. The van der Waals surface area contributed by atoms with Gasteiger partial charge in [0.1, 0.15) is 30.2 Å². The second-order valence-corrected chi connectivity index (χ2v) is 4.84. The van der Waals surface area contributed by atoms with Crippen molar-refractivity contribution in [3.8, 4) is 0 Å². The van der Waals surface area contributed by atoms with Crippen LogP contribution in [0.5, 0.6) is 0 Å². The Morgan fingerprint density at radius 1 is 1.30 bits per heavy atom. The van der Waals surface area contributed by atoms with Gasteiger partial charge in [0.2, 0.25) is 0 Å². The first-order valence-corrected chi connectivity index (χ1v) is 6.27. The number of rotatable bonds is 3. The minimum absolute atomic E-state index is 0. The van der Waals surface area contributed by atoms with E-state index in [4.69, 9.17) is 15.6 Å². The Kier molecular flexibility index (Phi) is 5.20. The van der Waals surface area contributed by atoms with Crippen molar-refractivity contribution < 1.29 is 30.0 Å². The molecule has 0 aliphatic carbocycles. The zero-order valence-electron chi connectivity index (χ0n) is 11.0. The normalized spacial score (nSPS) is 28.5. The average molecular weight is 335 g/mol. The van der Waals surface area contributed by atoms with Crippen LogP contribution in [0.2, 0.25) is 0 Å². The molecule has 23 heavy (non-hydrogen) atoms. The Morgan fingerprint density at radius 2 is 2.00 bits per heavy atom. The number of carboxylic acids is 1. The number of aliphatic carboxylic acids is 1. The van der Waals surface area contributed by atoms with E-state index in [9.17, 15) is 20.1 Å². The second-order valence-electron chi connectivity index (χ2n) is 4.84. The zero-order valence-corrected chi connectivity index (χ0v) is 11.0. The van der Waals surface area contributed by atoms with E-state index in [1.807, 2.05) is 0 Å². The number of aliphatic hydroxyl groups is 3. The maximum absolute atomic E-state index is 10.8. The number of hydrogen-bond donors (Lipinski definition) is 5. The molecule has 6 N–H and O–H groups in total. The van der Waals surface area contributed by atoms with E-state index in [1.165, 1.54) is 17.2 Å². The van der Waals surface area contributed by atoms with Crippen LogP contribution in [-0.4, -0.2) is 99.9 Å². The number of nitrogen functional groups attached to an aromatic ring is 1. The van der Waals surface area contributed by atoms with Crippen LogP contribution in [0.25, 0.3) is 11.2 Å². The molecule has 1 fully saturated rings. The molecule has 0 bridgehead atoms. The van der Waals surface area contributed by atoms with Crippen LogP contribution in [-0.2, 0) is 9.53 Å². The number of aromatic nitrogens is 4. The number of nitrogens with two attached hydrogens (primary N) is 1. The predicted molar refractivity (Wildman–Crippen MR) is 76.5 cm³/mol. The van der Waals surface area contributed by atoms with Crippen molar-refractivity contribution in [2.75, 3.05) is 5.73 Å². The molecule has 3 unspecified atom stereocenters. The van der Waals surface area contributed by atoms with E-state index in [0.29, 0.717) is 0 Å². The molecule has 2 aromatic rings. The summed E-state index contributed by atoms with van der Waals surface area (Å²) in [6, 6.07) is 0. The first-order chi connectivity index (χ1) is 10.4. The monoisotopic (exact) mass is 335 g/mol. The van der Waals surface area contributed by atoms with Gasteiger partial charge in [0.25, 0.3) is 0 Å². The summed E-state index contributed by atoms with van der Waals surface area (Å²) >= 11 is 0. The van der Waals surface area contributed by atoms with Crippen molar-refractivity contribution >= 4 is 52.5 Å². The zero-order chi connectivity index (χ0) is 16.0. The van der Waals surface area contributed by atoms with Crippen LogP contribution in [0.3, 0.4) is 0 Å². The molecule has 11 nitrogen and oxygen atoms in total. The molecule has 0 aromatic carbocycles. The third-order valence-electron chi connectivity index (χ3n) is 3.50. The average Bonchev–Trinajstić information content (AvgIpc) is 3.02.